The zero-order chi connectivity index (χ0) is 13.8. The molecule has 0 saturated carbocycles. The van der Waals surface area contributed by atoms with Crippen LogP contribution in [0, 0.1) is 0 Å². The highest BCUT2D eigenvalue weighted by atomic mass is 16.7. The number of hydrogen-bond acceptors (Lipinski definition) is 5. The maximum atomic E-state index is 11.3. The number of ketones is 1. The first kappa shape index (κ1) is 13.2. The van der Waals surface area contributed by atoms with Crippen molar-refractivity contribution in [2.24, 2.45) is 0 Å². The molecule has 102 valence electrons. The molecule has 2 rings (SSSR count). The van der Waals surface area contributed by atoms with Crippen LogP contribution in [0.4, 0.5) is 4.79 Å². The van der Waals surface area contributed by atoms with E-state index in [0.29, 0.717) is 11.5 Å². The highest BCUT2D eigenvalue weighted by Gasteiger charge is 2.20. The van der Waals surface area contributed by atoms with Crippen LogP contribution < -0.4 is 14.8 Å². The van der Waals surface area contributed by atoms with Crippen LogP contribution in [0.1, 0.15) is 24.9 Å². The number of amides is 1. The molecule has 1 aliphatic rings. The third kappa shape index (κ3) is 3.15. The van der Waals surface area contributed by atoms with Crippen molar-refractivity contribution in [1.29, 1.82) is 0 Å². The van der Waals surface area contributed by atoms with Crippen LogP contribution in [-0.4, -0.2) is 25.8 Å². The molecular weight excluding hydrogens is 250 g/mol. The van der Waals surface area contributed by atoms with Gasteiger partial charge in [-0.3, -0.25) is 4.79 Å². The molecule has 1 heterocycles. The summed E-state index contributed by atoms with van der Waals surface area (Å²) in [7, 11) is 1.28. The van der Waals surface area contributed by atoms with Crippen LogP contribution in [-0.2, 0) is 9.53 Å². The predicted molar refractivity (Wildman–Crippen MR) is 66.1 cm³/mol. The summed E-state index contributed by atoms with van der Waals surface area (Å²) < 4.78 is 15.0. The second kappa shape index (κ2) is 5.60. The van der Waals surface area contributed by atoms with Crippen molar-refractivity contribution < 1.29 is 23.8 Å². The summed E-state index contributed by atoms with van der Waals surface area (Å²) in [5.41, 5.74) is 0.768. The highest BCUT2D eigenvalue weighted by molar-refractivity contribution is 5.77. The molecule has 1 amide bonds. The monoisotopic (exact) mass is 265 g/mol. The normalized spacial score (nSPS) is 13.8. The van der Waals surface area contributed by atoms with Gasteiger partial charge in [0, 0.05) is 6.42 Å². The Kier molecular flexibility index (Phi) is 3.89. The maximum Gasteiger partial charge on any atom is 0.407 e. The summed E-state index contributed by atoms with van der Waals surface area (Å²) >= 11 is 0. The third-order valence-electron chi connectivity index (χ3n) is 2.77. The highest BCUT2D eigenvalue weighted by Crippen LogP contribution is 2.34. The molecule has 1 aromatic carbocycles. The quantitative estimate of drug-likeness (QED) is 0.898. The first-order valence-electron chi connectivity index (χ1n) is 5.83. The molecule has 1 N–H and O–H groups in total. The number of fused-ring (bicyclic) bond motifs is 1. The van der Waals surface area contributed by atoms with E-state index in [9.17, 15) is 9.59 Å². The summed E-state index contributed by atoms with van der Waals surface area (Å²) in [4.78, 5) is 22.6. The zero-order valence-electron chi connectivity index (χ0n) is 10.8. The predicted octanol–water partition coefficient (Wildman–Crippen LogP) is 1.79. The molecule has 0 bridgehead atoms. The Balaban J connectivity index is 2.21. The molecule has 0 saturated heterocycles. The van der Waals surface area contributed by atoms with Crippen molar-refractivity contribution in [3.8, 4) is 11.5 Å². The Labute approximate surface area is 110 Å². The number of benzene rings is 1. The van der Waals surface area contributed by atoms with Crippen LogP contribution in [0.15, 0.2) is 18.2 Å². The lowest BCUT2D eigenvalue weighted by Gasteiger charge is -2.17. The summed E-state index contributed by atoms with van der Waals surface area (Å²) in [6.45, 7) is 1.65. The standard InChI is InChI=1S/C13H15NO5/c1-8(15)5-10(14-13(16)17-2)9-3-4-11-12(6-9)19-7-18-11/h3-4,6,10H,5,7H2,1-2H3,(H,14,16)/t10-/m1/s1. The summed E-state index contributed by atoms with van der Waals surface area (Å²) in [5, 5.41) is 2.63. The molecule has 1 aromatic rings. The van der Waals surface area contributed by atoms with Crippen molar-refractivity contribution in [1.82, 2.24) is 5.32 Å². The minimum absolute atomic E-state index is 0.0286. The summed E-state index contributed by atoms with van der Waals surface area (Å²) in [6, 6.07) is 4.85. The molecule has 1 aliphatic heterocycles. The summed E-state index contributed by atoms with van der Waals surface area (Å²) in [5.74, 6) is 1.24. The number of alkyl carbamates (subject to hydrolysis) is 1. The van der Waals surface area contributed by atoms with Crippen LogP contribution in [0.2, 0.25) is 0 Å². The topological polar surface area (TPSA) is 73.9 Å². The number of carbonyl (C=O) groups excluding carboxylic acids is 2. The van der Waals surface area contributed by atoms with Crippen molar-refractivity contribution in [3.05, 3.63) is 23.8 Å². The molecule has 0 radical (unpaired) electrons. The number of nitrogens with one attached hydrogen (secondary N) is 1. The van der Waals surface area contributed by atoms with Gasteiger partial charge in [0.1, 0.15) is 5.78 Å². The molecule has 6 heteroatoms. The molecule has 0 unspecified atom stereocenters. The molecule has 0 spiro atoms. The molecule has 0 aromatic heterocycles. The van der Waals surface area contributed by atoms with Gasteiger partial charge in [0.2, 0.25) is 6.79 Å². The van der Waals surface area contributed by atoms with Crippen LogP contribution in [0.25, 0.3) is 0 Å². The van der Waals surface area contributed by atoms with E-state index in [0.717, 1.165) is 5.56 Å². The average Bonchev–Trinajstić information content (AvgIpc) is 2.84. The van der Waals surface area contributed by atoms with E-state index in [1.807, 2.05) is 0 Å². The second-order valence-corrected chi connectivity index (χ2v) is 4.21. The Morgan fingerprint density at radius 2 is 2.11 bits per heavy atom. The summed E-state index contributed by atoms with van der Waals surface area (Å²) in [6.07, 6.45) is -0.390. The molecule has 19 heavy (non-hydrogen) atoms. The van der Waals surface area contributed by atoms with E-state index in [2.05, 4.69) is 10.1 Å². The lowest BCUT2D eigenvalue weighted by atomic mass is 10.0. The third-order valence-corrected chi connectivity index (χ3v) is 2.77. The first-order valence-corrected chi connectivity index (χ1v) is 5.83. The number of rotatable bonds is 4. The van der Waals surface area contributed by atoms with E-state index in [1.54, 1.807) is 18.2 Å². The minimum atomic E-state index is -0.580. The molecular formula is C13H15NO5. The smallest absolute Gasteiger partial charge is 0.407 e. The van der Waals surface area contributed by atoms with Gasteiger partial charge in [-0.2, -0.15) is 0 Å². The van der Waals surface area contributed by atoms with Gasteiger partial charge in [-0.15, -0.1) is 0 Å². The van der Waals surface area contributed by atoms with Gasteiger partial charge in [0.05, 0.1) is 13.2 Å². The Bertz CT molecular complexity index is 500. The van der Waals surface area contributed by atoms with E-state index < -0.39 is 12.1 Å². The van der Waals surface area contributed by atoms with Crippen molar-refractivity contribution in [2.75, 3.05) is 13.9 Å². The van der Waals surface area contributed by atoms with Gasteiger partial charge in [-0.05, 0) is 24.6 Å². The van der Waals surface area contributed by atoms with Gasteiger partial charge in [-0.25, -0.2) is 4.79 Å². The van der Waals surface area contributed by atoms with Gasteiger partial charge < -0.3 is 19.5 Å². The van der Waals surface area contributed by atoms with Gasteiger partial charge in [0.25, 0.3) is 0 Å². The first-order chi connectivity index (χ1) is 9.10. The van der Waals surface area contributed by atoms with E-state index in [-0.39, 0.29) is 19.0 Å². The van der Waals surface area contributed by atoms with E-state index in [4.69, 9.17) is 9.47 Å². The fourth-order valence-corrected chi connectivity index (χ4v) is 1.87. The van der Waals surface area contributed by atoms with Crippen molar-refractivity contribution in [2.45, 2.75) is 19.4 Å². The maximum absolute atomic E-state index is 11.3. The largest absolute Gasteiger partial charge is 0.454 e. The van der Waals surface area contributed by atoms with Crippen molar-refractivity contribution in [3.63, 3.8) is 0 Å². The Morgan fingerprint density at radius 1 is 1.37 bits per heavy atom. The number of Topliss-reactive ketones (excluding diaryl/α,β-unsaturated/α-hetero) is 1. The number of hydrogen-bond donors (Lipinski definition) is 1. The van der Waals surface area contributed by atoms with E-state index in [1.165, 1.54) is 14.0 Å². The zero-order valence-corrected chi connectivity index (χ0v) is 10.8. The minimum Gasteiger partial charge on any atom is -0.454 e. The number of methoxy groups -OCH3 is 1. The molecule has 0 fully saturated rings. The molecule has 0 aliphatic carbocycles. The number of carbonyl (C=O) groups is 2. The van der Waals surface area contributed by atoms with Crippen LogP contribution in [0.5, 0.6) is 11.5 Å². The lowest BCUT2D eigenvalue weighted by molar-refractivity contribution is -0.117. The Morgan fingerprint density at radius 3 is 2.79 bits per heavy atom. The van der Waals surface area contributed by atoms with Gasteiger partial charge in [-0.1, -0.05) is 6.07 Å². The lowest BCUT2D eigenvalue weighted by Crippen LogP contribution is -2.29. The van der Waals surface area contributed by atoms with Crippen LogP contribution >= 0.6 is 0 Å². The molecule has 1 atom stereocenters. The average molecular weight is 265 g/mol. The SMILES string of the molecule is COC(=O)N[C@H](CC(C)=O)c1ccc2c(c1)OCO2. The fraction of sp³-hybridized carbons (Fsp3) is 0.385. The van der Waals surface area contributed by atoms with Gasteiger partial charge >= 0.3 is 6.09 Å². The van der Waals surface area contributed by atoms with Gasteiger partial charge in [0.15, 0.2) is 11.5 Å². The second-order valence-electron chi connectivity index (χ2n) is 4.21. The van der Waals surface area contributed by atoms with Crippen molar-refractivity contribution >= 4 is 11.9 Å². The van der Waals surface area contributed by atoms with E-state index >= 15 is 0 Å². The number of ether oxygens (including phenoxy) is 3. The van der Waals surface area contributed by atoms with Crippen LogP contribution in [0.3, 0.4) is 0 Å². The molecule has 6 nitrogen and oxygen atoms in total. The Hall–Kier alpha value is -2.24. The fourth-order valence-electron chi connectivity index (χ4n) is 1.87.